The zero-order valence-corrected chi connectivity index (χ0v) is 9.95. The smallest absolute Gasteiger partial charge is 0.308 e. The molecule has 0 saturated carbocycles. The van der Waals surface area contributed by atoms with Crippen molar-refractivity contribution in [2.75, 3.05) is 0 Å². The Morgan fingerprint density at radius 1 is 1.44 bits per heavy atom. The van der Waals surface area contributed by atoms with Gasteiger partial charge in [0, 0.05) is 6.92 Å². The predicted octanol–water partition coefficient (Wildman–Crippen LogP) is 3.18. The van der Waals surface area contributed by atoms with Crippen LogP contribution in [0.4, 0.5) is 0 Å². The van der Waals surface area contributed by atoms with Gasteiger partial charge in [0.2, 0.25) is 0 Å². The fourth-order valence-corrected chi connectivity index (χ4v) is 1.31. The van der Waals surface area contributed by atoms with Crippen LogP contribution in [0.1, 0.15) is 19.4 Å². The fraction of sp³-hybridized carbons (Fsp3) is 0.250. The number of carbonyl (C=O) groups excluding carboxylic acids is 1. The van der Waals surface area contributed by atoms with Crippen LogP contribution in [0.3, 0.4) is 0 Å². The molecule has 0 aliphatic carbocycles. The third-order valence-corrected chi connectivity index (χ3v) is 1.83. The SMILES string of the molecule is C=C(OC(C)Cl)c1ccccc1OC(C)=O. The van der Waals surface area contributed by atoms with E-state index in [2.05, 4.69) is 6.58 Å². The monoisotopic (exact) mass is 240 g/mol. The molecule has 16 heavy (non-hydrogen) atoms. The van der Waals surface area contributed by atoms with Gasteiger partial charge in [0.1, 0.15) is 11.5 Å². The van der Waals surface area contributed by atoms with E-state index in [1.807, 2.05) is 0 Å². The number of rotatable bonds is 4. The van der Waals surface area contributed by atoms with Gasteiger partial charge in [-0.15, -0.1) is 0 Å². The lowest BCUT2D eigenvalue weighted by molar-refractivity contribution is -0.131. The van der Waals surface area contributed by atoms with E-state index < -0.39 is 5.56 Å². The van der Waals surface area contributed by atoms with Gasteiger partial charge in [-0.2, -0.15) is 0 Å². The summed E-state index contributed by atoms with van der Waals surface area (Å²) in [5, 5.41) is 0. The highest BCUT2D eigenvalue weighted by Crippen LogP contribution is 2.27. The maximum absolute atomic E-state index is 10.9. The maximum atomic E-state index is 10.9. The van der Waals surface area contributed by atoms with Gasteiger partial charge in [-0.1, -0.05) is 30.3 Å². The average Bonchev–Trinajstić information content (AvgIpc) is 2.16. The summed E-state index contributed by atoms with van der Waals surface area (Å²) in [7, 11) is 0. The Bertz CT molecular complexity index is 399. The van der Waals surface area contributed by atoms with Crippen LogP contribution in [0.2, 0.25) is 0 Å². The van der Waals surface area contributed by atoms with Crippen LogP contribution in [0.25, 0.3) is 5.76 Å². The van der Waals surface area contributed by atoms with Gasteiger partial charge >= 0.3 is 5.97 Å². The van der Waals surface area contributed by atoms with Crippen molar-refractivity contribution in [3.8, 4) is 5.75 Å². The van der Waals surface area contributed by atoms with Gasteiger partial charge in [0.05, 0.1) is 5.56 Å². The molecule has 0 radical (unpaired) electrons. The van der Waals surface area contributed by atoms with Gasteiger partial charge in [-0.3, -0.25) is 4.79 Å². The first-order valence-corrected chi connectivity index (χ1v) is 5.22. The number of alkyl halides is 1. The van der Waals surface area contributed by atoms with Crippen molar-refractivity contribution in [2.45, 2.75) is 19.4 Å². The molecular formula is C12H13ClO3. The average molecular weight is 241 g/mol. The van der Waals surface area contributed by atoms with Crippen molar-refractivity contribution in [3.63, 3.8) is 0 Å². The molecule has 1 atom stereocenters. The first kappa shape index (κ1) is 12.6. The molecule has 0 saturated heterocycles. The van der Waals surface area contributed by atoms with E-state index in [0.717, 1.165) is 0 Å². The molecule has 0 fully saturated rings. The van der Waals surface area contributed by atoms with E-state index in [4.69, 9.17) is 21.1 Å². The number of ether oxygens (including phenoxy) is 2. The Kier molecular flexibility index (Phi) is 4.38. The van der Waals surface area contributed by atoms with Crippen molar-refractivity contribution in [1.82, 2.24) is 0 Å². The largest absolute Gasteiger partial charge is 0.475 e. The molecule has 1 unspecified atom stereocenters. The van der Waals surface area contributed by atoms with Crippen LogP contribution in [-0.2, 0) is 9.53 Å². The third-order valence-electron chi connectivity index (χ3n) is 1.75. The van der Waals surface area contributed by atoms with E-state index in [1.165, 1.54) is 6.92 Å². The molecule has 3 nitrogen and oxygen atoms in total. The number of carbonyl (C=O) groups is 1. The van der Waals surface area contributed by atoms with Crippen LogP contribution in [0.15, 0.2) is 30.8 Å². The molecule has 1 rings (SSSR count). The molecule has 86 valence electrons. The third kappa shape index (κ3) is 3.59. The zero-order valence-electron chi connectivity index (χ0n) is 9.20. The summed E-state index contributed by atoms with van der Waals surface area (Å²) < 4.78 is 10.3. The Morgan fingerprint density at radius 3 is 2.62 bits per heavy atom. The van der Waals surface area contributed by atoms with Gasteiger partial charge in [-0.05, 0) is 19.1 Å². The van der Waals surface area contributed by atoms with Crippen molar-refractivity contribution >= 4 is 23.3 Å². The second-order valence-electron chi connectivity index (χ2n) is 3.17. The minimum Gasteiger partial charge on any atom is -0.475 e. The number of hydrogen-bond donors (Lipinski definition) is 0. The summed E-state index contributed by atoms with van der Waals surface area (Å²) in [5.74, 6) is 0.399. The van der Waals surface area contributed by atoms with Crippen LogP contribution >= 0.6 is 11.6 Å². The molecule has 0 aromatic heterocycles. The molecule has 0 N–H and O–H groups in total. The highest BCUT2D eigenvalue weighted by Gasteiger charge is 2.11. The number of halogens is 1. The zero-order chi connectivity index (χ0) is 12.1. The number of para-hydroxylation sites is 1. The quantitative estimate of drug-likeness (QED) is 0.351. The van der Waals surface area contributed by atoms with Crippen LogP contribution in [0.5, 0.6) is 5.75 Å². The summed E-state index contributed by atoms with van der Waals surface area (Å²) >= 11 is 5.69. The Hall–Kier alpha value is -1.48. The summed E-state index contributed by atoms with van der Waals surface area (Å²) in [6.07, 6.45) is 0. The van der Waals surface area contributed by atoms with Gasteiger partial charge in [0.25, 0.3) is 0 Å². The second-order valence-corrected chi connectivity index (χ2v) is 3.79. The lowest BCUT2D eigenvalue weighted by Crippen LogP contribution is -2.05. The molecule has 0 bridgehead atoms. The van der Waals surface area contributed by atoms with Gasteiger partial charge in [0.15, 0.2) is 5.56 Å². The second kappa shape index (κ2) is 5.56. The number of benzene rings is 1. The van der Waals surface area contributed by atoms with Gasteiger partial charge < -0.3 is 9.47 Å². The molecule has 1 aromatic rings. The minimum absolute atomic E-state index is 0.374. The van der Waals surface area contributed by atoms with Crippen molar-refractivity contribution in [2.24, 2.45) is 0 Å². The standard InChI is InChI=1S/C12H13ClO3/c1-8(15-9(2)13)11-6-4-5-7-12(11)16-10(3)14/h4-7,9H,1H2,2-3H3. The highest BCUT2D eigenvalue weighted by molar-refractivity contribution is 6.19. The molecule has 0 aliphatic heterocycles. The van der Waals surface area contributed by atoms with Crippen LogP contribution < -0.4 is 4.74 Å². The number of hydrogen-bond acceptors (Lipinski definition) is 3. The summed E-state index contributed by atoms with van der Waals surface area (Å²) in [5.41, 5.74) is 0.128. The molecule has 0 heterocycles. The molecular weight excluding hydrogens is 228 g/mol. The van der Waals surface area contributed by atoms with E-state index in [-0.39, 0.29) is 5.97 Å². The van der Waals surface area contributed by atoms with E-state index in [9.17, 15) is 4.79 Å². The topological polar surface area (TPSA) is 35.5 Å². The fourth-order valence-electron chi connectivity index (χ4n) is 1.20. The molecule has 4 heteroatoms. The normalized spacial score (nSPS) is 11.7. The summed E-state index contributed by atoms with van der Waals surface area (Å²) in [6.45, 7) is 6.75. The van der Waals surface area contributed by atoms with Crippen molar-refractivity contribution in [1.29, 1.82) is 0 Å². The highest BCUT2D eigenvalue weighted by atomic mass is 35.5. The van der Waals surface area contributed by atoms with E-state index in [1.54, 1.807) is 31.2 Å². The minimum atomic E-state index is -0.488. The lowest BCUT2D eigenvalue weighted by atomic mass is 10.2. The molecule has 0 amide bonds. The lowest BCUT2D eigenvalue weighted by Gasteiger charge is -2.13. The van der Waals surface area contributed by atoms with E-state index >= 15 is 0 Å². The summed E-state index contributed by atoms with van der Waals surface area (Å²) in [6, 6.07) is 6.99. The van der Waals surface area contributed by atoms with Crippen molar-refractivity contribution in [3.05, 3.63) is 36.4 Å². The maximum Gasteiger partial charge on any atom is 0.308 e. The molecule has 0 spiro atoms. The number of esters is 1. The van der Waals surface area contributed by atoms with Crippen molar-refractivity contribution < 1.29 is 14.3 Å². The Labute approximate surface area is 99.6 Å². The molecule has 1 aromatic carbocycles. The van der Waals surface area contributed by atoms with E-state index in [0.29, 0.717) is 17.1 Å². The first-order valence-electron chi connectivity index (χ1n) is 4.78. The van der Waals surface area contributed by atoms with Gasteiger partial charge in [-0.25, -0.2) is 0 Å². The first-order chi connectivity index (χ1) is 7.50. The Morgan fingerprint density at radius 2 is 2.06 bits per heavy atom. The van der Waals surface area contributed by atoms with Crippen LogP contribution in [-0.4, -0.2) is 11.5 Å². The molecule has 0 aliphatic rings. The Balaban J connectivity index is 2.94. The van der Waals surface area contributed by atoms with Crippen LogP contribution in [0, 0.1) is 0 Å². The summed E-state index contributed by atoms with van der Waals surface area (Å²) in [4.78, 5) is 10.9. The predicted molar refractivity (Wildman–Crippen MR) is 63.2 cm³/mol.